The molecule has 0 spiro atoms. The van der Waals surface area contributed by atoms with Crippen LogP contribution in [0.2, 0.25) is 0 Å². The maximum atomic E-state index is 5.89. The molecule has 2 nitrogen and oxygen atoms in total. The second-order valence-corrected chi connectivity index (χ2v) is 5.52. The van der Waals surface area contributed by atoms with Gasteiger partial charge in [-0.05, 0) is 45.7 Å². The van der Waals surface area contributed by atoms with Gasteiger partial charge in [-0.25, -0.2) is 0 Å². The topological polar surface area (TPSA) is 21.3 Å². The van der Waals surface area contributed by atoms with E-state index in [4.69, 9.17) is 4.74 Å². The number of hydrogen-bond donors (Lipinski definition) is 1. The summed E-state index contributed by atoms with van der Waals surface area (Å²) >= 11 is 0. The van der Waals surface area contributed by atoms with Crippen LogP contribution in [0.15, 0.2) is 24.3 Å². The first-order valence-corrected chi connectivity index (χ1v) is 6.97. The van der Waals surface area contributed by atoms with E-state index in [9.17, 15) is 0 Å². The summed E-state index contributed by atoms with van der Waals surface area (Å²) in [5.41, 5.74) is 1.27. The average molecular weight is 249 g/mol. The molecule has 0 amide bonds. The van der Waals surface area contributed by atoms with Gasteiger partial charge in [0.15, 0.2) is 0 Å². The van der Waals surface area contributed by atoms with E-state index in [0.29, 0.717) is 6.04 Å². The largest absolute Gasteiger partial charge is 0.491 e. The normalized spacial score (nSPS) is 13.1. The van der Waals surface area contributed by atoms with Gasteiger partial charge in [0.2, 0.25) is 0 Å². The lowest BCUT2D eigenvalue weighted by atomic mass is 9.97. The zero-order valence-electron chi connectivity index (χ0n) is 12.4. The summed E-state index contributed by atoms with van der Waals surface area (Å²) in [6.45, 7) is 8.67. The summed E-state index contributed by atoms with van der Waals surface area (Å²) in [5, 5.41) is 3.41. The molecule has 0 heterocycles. The highest BCUT2D eigenvalue weighted by molar-refractivity contribution is 5.36. The van der Waals surface area contributed by atoms with Crippen molar-refractivity contribution in [2.45, 2.75) is 52.7 Å². The van der Waals surface area contributed by atoms with Crippen molar-refractivity contribution in [3.8, 4) is 5.75 Å². The Morgan fingerprint density at radius 1 is 1.06 bits per heavy atom. The summed E-state index contributed by atoms with van der Waals surface area (Å²) in [6.07, 6.45) is 2.59. The quantitative estimate of drug-likeness (QED) is 0.783. The van der Waals surface area contributed by atoms with Crippen LogP contribution < -0.4 is 10.1 Å². The molecule has 0 aliphatic heterocycles. The number of ether oxygens (including phenoxy) is 1. The van der Waals surface area contributed by atoms with E-state index < -0.39 is 0 Å². The molecule has 1 N–H and O–H groups in total. The molecule has 0 saturated carbocycles. The molecule has 1 atom stereocenters. The van der Waals surface area contributed by atoms with Gasteiger partial charge < -0.3 is 10.1 Å². The predicted octanol–water partition coefficient (Wildman–Crippen LogP) is 4.17. The molecule has 0 aromatic heterocycles. The fourth-order valence-corrected chi connectivity index (χ4v) is 2.09. The molecule has 1 aromatic carbocycles. The van der Waals surface area contributed by atoms with Crippen molar-refractivity contribution in [3.05, 3.63) is 29.8 Å². The van der Waals surface area contributed by atoms with Crippen molar-refractivity contribution in [3.63, 3.8) is 0 Å². The molecule has 0 aliphatic carbocycles. The summed E-state index contributed by atoms with van der Waals surface area (Å²) in [5.74, 6) is 1.75. The Morgan fingerprint density at radius 2 is 1.72 bits per heavy atom. The van der Waals surface area contributed by atoms with Gasteiger partial charge in [-0.2, -0.15) is 0 Å². The standard InChI is InChI=1S/C16H27NO/c1-12(2)10-11-15(17-5)14-8-6-7-9-16(14)18-13(3)4/h6-9,12-13,15,17H,10-11H2,1-5H3. The molecule has 0 bridgehead atoms. The molecule has 0 aliphatic rings. The first-order chi connectivity index (χ1) is 8.54. The lowest BCUT2D eigenvalue weighted by Crippen LogP contribution is -2.19. The summed E-state index contributed by atoms with van der Waals surface area (Å²) in [7, 11) is 2.02. The van der Waals surface area contributed by atoms with Crippen molar-refractivity contribution in [2.24, 2.45) is 5.92 Å². The van der Waals surface area contributed by atoms with E-state index in [1.54, 1.807) is 0 Å². The lowest BCUT2D eigenvalue weighted by molar-refractivity contribution is 0.237. The Morgan fingerprint density at radius 3 is 2.28 bits per heavy atom. The third-order valence-electron chi connectivity index (χ3n) is 3.04. The van der Waals surface area contributed by atoms with Crippen LogP contribution in [0.4, 0.5) is 0 Å². The minimum absolute atomic E-state index is 0.216. The highest BCUT2D eigenvalue weighted by Gasteiger charge is 2.15. The van der Waals surface area contributed by atoms with E-state index >= 15 is 0 Å². The zero-order valence-corrected chi connectivity index (χ0v) is 12.4. The van der Waals surface area contributed by atoms with Gasteiger partial charge >= 0.3 is 0 Å². The van der Waals surface area contributed by atoms with Gasteiger partial charge in [0, 0.05) is 11.6 Å². The van der Waals surface area contributed by atoms with Crippen LogP contribution in [0.3, 0.4) is 0 Å². The summed E-state index contributed by atoms with van der Waals surface area (Å²) in [6, 6.07) is 8.73. The number of benzene rings is 1. The van der Waals surface area contributed by atoms with Crippen LogP contribution in [-0.2, 0) is 0 Å². The van der Waals surface area contributed by atoms with Crippen molar-refractivity contribution >= 4 is 0 Å². The Kier molecular flexibility index (Phi) is 6.20. The second kappa shape index (κ2) is 7.42. The third-order valence-corrected chi connectivity index (χ3v) is 3.04. The Labute approximate surface area is 112 Å². The molecule has 0 saturated heterocycles. The first-order valence-electron chi connectivity index (χ1n) is 6.97. The van der Waals surface area contributed by atoms with Gasteiger partial charge in [0.05, 0.1) is 6.10 Å². The van der Waals surface area contributed by atoms with Gasteiger partial charge in [-0.15, -0.1) is 0 Å². The summed E-state index contributed by atoms with van der Waals surface area (Å²) < 4.78 is 5.89. The molecule has 0 radical (unpaired) electrons. The van der Waals surface area contributed by atoms with Crippen LogP contribution in [0.25, 0.3) is 0 Å². The fraction of sp³-hybridized carbons (Fsp3) is 0.625. The van der Waals surface area contributed by atoms with Crippen LogP contribution >= 0.6 is 0 Å². The van der Waals surface area contributed by atoms with Crippen molar-refractivity contribution in [1.82, 2.24) is 5.32 Å². The minimum atomic E-state index is 0.216. The molecular formula is C16H27NO. The van der Waals surface area contributed by atoms with E-state index in [1.807, 2.05) is 13.1 Å². The smallest absolute Gasteiger partial charge is 0.124 e. The fourth-order valence-electron chi connectivity index (χ4n) is 2.09. The maximum absolute atomic E-state index is 5.89. The number of rotatable bonds is 7. The first kappa shape index (κ1) is 15.0. The monoisotopic (exact) mass is 249 g/mol. The third kappa shape index (κ3) is 4.69. The van der Waals surface area contributed by atoms with Gasteiger partial charge in [0.1, 0.15) is 5.75 Å². The van der Waals surface area contributed by atoms with Gasteiger partial charge in [-0.1, -0.05) is 32.0 Å². The molecule has 2 heteroatoms. The molecule has 1 rings (SSSR count). The van der Waals surface area contributed by atoms with Crippen molar-refractivity contribution in [2.75, 3.05) is 7.05 Å². The van der Waals surface area contributed by atoms with Crippen LogP contribution in [0.1, 0.15) is 52.1 Å². The number of hydrogen-bond acceptors (Lipinski definition) is 2. The average Bonchev–Trinajstić information content (AvgIpc) is 2.30. The van der Waals surface area contributed by atoms with E-state index in [2.05, 4.69) is 51.2 Å². The van der Waals surface area contributed by atoms with Crippen LogP contribution in [-0.4, -0.2) is 13.2 Å². The van der Waals surface area contributed by atoms with Crippen LogP contribution in [0.5, 0.6) is 5.75 Å². The Balaban J connectivity index is 2.83. The van der Waals surface area contributed by atoms with Crippen molar-refractivity contribution < 1.29 is 4.74 Å². The van der Waals surface area contributed by atoms with Crippen LogP contribution in [0, 0.1) is 5.92 Å². The SMILES string of the molecule is CNC(CCC(C)C)c1ccccc1OC(C)C. The highest BCUT2D eigenvalue weighted by atomic mass is 16.5. The Bertz CT molecular complexity index is 347. The molecule has 1 aromatic rings. The predicted molar refractivity (Wildman–Crippen MR) is 78.1 cm³/mol. The second-order valence-electron chi connectivity index (χ2n) is 5.52. The summed E-state index contributed by atoms with van der Waals surface area (Å²) in [4.78, 5) is 0. The molecule has 1 unspecified atom stereocenters. The van der Waals surface area contributed by atoms with E-state index in [1.165, 1.54) is 12.0 Å². The number of para-hydroxylation sites is 1. The Hall–Kier alpha value is -1.02. The lowest BCUT2D eigenvalue weighted by Gasteiger charge is -2.22. The molecule has 18 heavy (non-hydrogen) atoms. The number of nitrogens with one attached hydrogen (secondary N) is 1. The van der Waals surface area contributed by atoms with Gasteiger partial charge in [0.25, 0.3) is 0 Å². The molecule has 0 fully saturated rings. The minimum Gasteiger partial charge on any atom is -0.491 e. The van der Waals surface area contributed by atoms with E-state index in [-0.39, 0.29) is 6.10 Å². The van der Waals surface area contributed by atoms with E-state index in [0.717, 1.165) is 18.1 Å². The highest BCUT2D eigenvalue weighted by Crippen LogP contribution is 2.29. The zero-order chi connectivity index (χ0) is 13.5. The molecular weight excluding hydrogens is 222 g/mol. The maximum Gasteiger partial charge on any atom is 0.124 e. The van der Waals surface area contributed by atoms with Crippen molar-refractivity contribution in [1.29, 1.82) is 0 Å². The molecule has 102 valence electrons. The van der Waals surface area contributed by atoms with Gasteiger partial charge in [-0.3, -0.25) is 0 Å².